The van der Waals surface area contributed by atoms with Gasteiger partial charge >= 0.3 is 0 Å². The minimum atomic E-state index is -0.0324. The van der Waals surface area contributed by atoms with E-state index in [1.165, 1.54) is 11.3 Å². The van der Waals surface area contributed by atoms with Crippen LogP contribution in [0.5, 0.6) is 0 Å². The molecular weight excluding hydrogens is 328 g/mol. The molecule has 0 saturated heterocycles. The van der Waals surface area contributed by atoms with Gasteiger partial charge in [-0.25, -0.2) is 9.97 Å². The van der Waals surface area contributed by atoms with Crippen LogP contribution in [0.25, 0.3) is 10.6 Å². The summed E-state index contributed by atoms with van der Waals surface area (Å²) in [6, 6.07) is 9.93. The van der Waals surface area contributed by atoms with E-state index < -0.39 is 0 Å². The number of amides is 1. The first-order chi connectivity index (χ1) is 11.2. The summed E-state index contributed by atoms with van der Waals surface area (Å²) in [5.41, 5.74) is 2.75. The number of anilines is 3. The van der Waals surface area contributed by atoms with Gasteiger partial charge in [0.15, 0.2) is 10.3 Å². The average Bonchev–Trinajstić information content (AvgIpc) is 3.14. The molecule has 0 spiro atoms. The number of aromatic nitrogens is 2. The monoisotopic (exact) mass is 344 g/mol. The molecule has 0 fully saturated rings. The lowest BCUT2D eigenvalue weighted by molar-refractivity contribution is -0.115. The van der Waals surface area contributed by atoms with E-state index in [0.29, 0.717) is 11.6 Å². The number of aryl methyl sites for hydroxylation is 1. The van der Waals surface area contributed by atoms with Gasteiger partial charge in [0.05, 0.1) is 16.3 Å². The molecule has 1 aromatic carbocycles. The number of rotatable bonds is 5. The van der Waals surface area contributed by atoms with Crippen molar-refractivity contribution in [2.75, 3.05) is 10.6 Å². The van der Waals surface area contributed by atoms with Crippen LogP contribution in [0.3, 0.4) is 0 Å². The molecule has 1 amide bonds. The smallest absolute Gasteiger partial charge is 0.225 e. The van der Waals surface area contributed by atoms with E-state index in [-0.39, 0.29) is 5.91 Å². The second-order valence-electron chi connectivity index (χ2n) is 4.86. The van der Waals surface area contributed by atoms with Gasteiger partial charge in [-0.2, -0.15) is 0 Å². The summed E-state index contributed by atoms with van der Waals surface area (Å²) < 4.78 is 0. The first-order valence-corrected chi connectivity index (χ1v) is 8.90. The molecule has 0 radical (unpaired) electrons. The highest BCUT2D eigenvalue weighted by atomic mass is 32.1. The highest BCUT2D eigenvalue weighted by Crippen LogP contribution is 2.35. The lowest BCUT2D eigenvalue weighted by Gasteiger charge is -2.00. The molecule has 0 aliphatic rings. The normalized spacial score (nSPS) is 10.5. The van der Waals surface area contributed by atoms with Gasteiger partial charge < -0.3 is 10.6 Å². The Hall–Kier alpha value is -2.25. The molecule has 2 heterocycles. The minimum absolute atomic E-state index is 0.0324. The number of carbonyl (C=O) groups excluding carboxylic acids is 1. The molecule has 7 heteroatoms. The first-order valence-electron chi connectivity index (χ1n) is 7.21. The Bertz CT molecular complexity index is 811. The van der Waals surface area contributed by atoms with Crippen LogP contribution in [0, 0.1) is 6.92 Å². The maximum atomic E-state index is 11.5. The number of hydrogen-bond acceptors (Lipinski definition) is 6. The molecule has 3 aromatic rings. The SMILES string of the molecule is CCC(=O)Nc1nc(C)c(-c2csc(Nc3ccccc3)n2)s1. The number of benzene rings is 1. The van der Waals surface area contributed by atoms with Gasteiger partial charge in [-0.05, 0) is 19.1 Å². The van der Waals surface area contributed by atoms with Gasteiger partial charge in [-0.3, -0.25) is 4.79 Å². The predicted molar refractivity (Wildman–Crippen MR) is 96.6 cm³/mol. The molecule has 3 rings (SSSR count). The van der Waals surface area contributed by atoms with Crippen LogP contribution in [0.2, 0.25) is 0 Å². The van der Waals surface area contributed by atoms with Gasteiger partial charge in [0.25, 0.3) is 0 Å². The van der Waals surface area contributed by atoms with Crippen LogP contribution < -0.4 is 10.6 Å². The first kappa shape index (κ1) is 15.6. The number of para-hydroxylation sites is 1. The molecule has 2 aromatic heterocycles. The Morgan fingerprint density at radius 3 is 2.70 bits per heavy atom. The largest absolute Gasteiger partial charge is 0.332 e. The topological polar surface area (TPSA) is 66.9 Å². The molecule has 118 valence electrons. The molecule has 5 nitrogen and oxygen atoms in total. The van der Waals surface area contributed by atoms with E-state index in [2.05, 4.69) is 20.6 Å². The minimum Gasteiger partial charge on any atom is -0.332 e. The maximum Gasteiger partial charge on any atom is 0.225 e. The average molecular weight is 344 g/mol. The zero-order chi connectivity index (χ0) is 16.2. The van der Waals surface area contributed by atoms with Crippen LogP contribution in [0.1, 0.15) is 19.0 Å². The fourth-order valence-electron chi connectivity index (χ4n) is 1.98. The molecule has 0 saturated carbocycles. The number of nitrogens with zero attached hydrogens (tertiary/aromatic N) is 2. The van der Waals surface area contributed by atoms with E-state index >= 15 is 0 Å². The third kappa shape index (κ3) is 3.75. The Labute approximate surface area is 142 Å². The van der Waals surface area contributed by atoms with Gasteiger partial charge in [0.1, 0.15) is 0 Å². The van der Waals surface area contributed by atoms with E-state index in [4.69, 9.17) is 0 Å². The van der Waals surface area contributed by atoms with Gasteiger partial charge in [0, 0.05) is 17.5 Å². The van der Waals surface area contributed by atoms with Crippen molar-refractivity contribution in [1.29, 1.82) is 0 Å². The fraction of sp³-hybridized carbons (Fsp3) is 0.188. The van der Waals surface area contributed by atoms with Crippen molar-refractivity contribution >= 4 is 44.5 Å². The third-order valence-corrected chi connectivity index (χ3v) is 4.98. The summed E-state index contributed by atoms with van der Waals surface area (Å²) in [5, 5.41) is 9.53. The fourth-order valence-corrected chi connectivity index (χ4v) is 3.72. The summed E-state index contributed by atoms with van der Waals surface area (Å²) >= 11 is 2.99. The van der Waals surface area contributed by atoms with E-state index in [1.54, 1.807) is 11.3 Å². The summed E-state index contributed by atoms with van der Waals surface area (Å²) in [7, 11) is 0. The molecule has 0 bridgehead atoms. The quantitative estimate of drug-likeness (QED) is 0.706. The Morgan fingerprint density at radius 1 is 1.17 bits per heavy atom. The molecule has 0 aliphatic heterocycles. The van der Waals surface area contributed by atoms with E-state index in [9.17, 15) is 4.79 Å². The highest BCUT2D eigenvalue weighted by molar-refractivity contribution is 7.20. The zero-order valence-corrected chi connectivity index (χ0v) is 14.4. The summed E-state index contributed by atoms with van der Waals surface area (Å²) in [5.74, 6) is -0.0324. The summed E-state index contributed by atoms with van der Waals surface area (Å²) in [6.07, 6.45) is 0.440. The molecule has 2 N–H and O–H groups in total. The van der Waals surface area contributed by atoms with Crippen molar-refractivity contribution in [1.82, 2.24) is 9.97 Å². The van der Waals surface area contributed by atoms with Crippen molar-refractivity contribution in [2.45, 2.75) is 20.3 Å². The standard InChI is InChI=1S/C16H16N4OS2/c1-3-13(21)20-16-17-10(2)14(23-16)12-9-22-15(19-12)18-11-7-5-4-6-8-11/h4-9H,3H2,1-2H3,(H,18,19)(H,17,20,21). The van der Waals surface area contributed by atoms with Crippen molar-refractivity contribution in [2.24, 2.45) is 0 Å². The van der Waals surface area contributed by atoms with E-state index in [0.717, 1.165) is 27.1 Å². The Balaban J connectivity index is 1.79. The lowest BCUT2D eigenvalue weighted by Crippen LogP contribution is -2.08. The number of carbonyl (C=O) groups is 1. The van der Waals surface area contributed by atoms with Crippen molar-refractivity contribution in [3.8, 4) is 10.6 Å². The number of hydrogen-bond donors (Lipinski definition) is 2. The predicted octanol–water partition coefficient (Wildman–Crippen LogP) is 4.67. The van der Waals surface area contributed by atoms with Crippen LogP contribution in [0.15, 0.2) is 35.7 Å². The van der Waals surface area contributed by atoms with Crippen LogP contribution in [-0.2, 0) is 4.79 Å². The van der Waals surface area contributed by atoms with Crippen LogP contribution in [0.4, 0.5) is 16.0 Å². The Kier molecular flexibility index (Phi) is 4.68. The molecule has 23 heavy (non-hydrogen) atoms. The van der Waals surface area contributed by atoms with E-state index in [1.807, 2.05) is 49.6 Å². The maximum absolute atomic E-state index is 11.5. The summed E-state index contributed by atoms with van der Waals surface area (Å²) in [4.78, 5) is 21.5. The highest BCUT2D eigenvalue weighted by Gasteiger charge is 2.14. The molecule has 0 unspecified atom stereocenters. The van der Waals surface area contributed by atoms with Crippen molar-refractivity contribution in [3.63, 3.8) is 0 Å². The van der Waals surface area contributed by atoms with Gasteiger partial charge in [-0.15, -0.1) is 11.3 Å². The molecular formula is C16H16N4OS2. The second-order valence-corrected chi connectivity index (χ2v) is 6.72. The molecule has 0 aliphatic carbocycles. The third-order valence-electron chi connectivity index (χ3n) is 3.13. The van der Waals surface area contributed by atoms with Crippen LogP contribution in [-0.4, -0.2) is 15.9 Å². The van der Waals surface area contributed by atoms with Crippen LogP contribution >= 0.6 is 22.7 Å². The zero-order valence-electron chi connectivity index (χ0n) is 12.8. The number of thiazole rings is 2. The lowest BCUT2D eigenvalue weighted by atomic mass is 10.3. The summed E-state index contributed by atoms with van der Waals surface area (Å²) in [6.45, 7) is 3.75. The Morgan fingerprint density at radius 2 is 1.96 bits per heavy atom. The number of nitrogens with one attached hydrogen (secondary N) is 2. The molecule has 0 atom stereocenters. The second kappa shape index (κ2) is 6.89. The van der Waals surface area contributed by atoms with Gasteiger partial charge in [0.2, 0.25) is 5.91 Å². The van der Waals surface area contributed by atoms with Crippen molar-refractivity contribution in [3.05, 3.63) is 41.4 Å². The van der Waals surface area contributed by atoms with Crippen molar-refractivity contribution < 1.29 is 4.79 Å². The van der Waals surface area contributed by atoms with Gasteiger partial charge in [-0.1, -0.05) is 36.5 Å².